The minimum Gasteiger partial charge on any atom is -0.385 e. The number of nitrogens with zero attached hydrogens (tertiary/aromatic N) is 5. The second-order valence-electron chi connectivity index (χ2n) is 7.85. The van der Waals surface area contributed by atoms with Crippen LogP contribution in [-0.2, 0) is 17.7 Å². The van der Waals surface area contributed by atoms with Gasteiger partial charge in [-0.1, -0.05) is 37.3 Å². The van der Waals surface area contributed by atoms with Gasteiger partial charge >= 0.3 is 0 Å². The Kier molecular flexibility index (Phi) is 12.6. The Hall–Kier alpha value is -1.72. The summed E-state index contributed by atoms with van der Waals surface area (Å²) in [5, 5.41) is 15.1. The minimum atomic E-state index is 0. The van der Waals surface area contributed by atoms with E-state index in [-0.39, 0.29) is 24.0 Å². The van der Waals surface area contributed by atoms with E-state index < -0.39 is 0 Å². The topological polar surface area (TPSA) is 79.6 Å². The van der Waals surface area contributed by atoms with Crippen LogP contribution in [0.25, 0.3) is 0 Å². The van der Waals surface area contributed by atoms with Crippen molar-refractivity contribution in [1.29, 1.82) is 0 Å². The molecule has 9 heteroatoms. The van der Waals surface area contributed by atoms with E-state index >= 15 is 0 Å². The summed E-state index contributed by atoms with van der Waals surface area (Å²) in [4.78, 5) is 7.54. The van der Waals surface area contributed by atoms with E-state index in [1.54, 1.807) is 13.4 Å². The second kappa shape index (κ2) is 15.2. The zero-order valence-corrected chi connectivity index (χ0v) is 21.7. The molecule has 0 spiro atoms. The molecule has 1 fully saturated rings. The third-order valence-corrected chi connectivity index (χ3v) is 5.66. The molecule has 2 heterocycles. The SMILES string of the molecule is CCc1nncn1CCNC(=NCC(c1ccccc1)N1CCCC1)NCCCOC.I. The lowest BCUT2D eigenvalue weighted by Crippen LogP contribution is -2.40. The molecule has 1 saturated heterocycles. The summed E-state index contributed by atoms with van der Waals surface area (Å²) < 4.78 is 7.27. The average molecular weight is 556 g/mol. The van der Waals surface area contributed by atoms with Crippen LogP contribution in [0.15, 0.2) is 41.7 Å². The van der Waals surface area contributed by atoms with Crippen LogP contribution < -0.4 is 10.6 Å². The molecular formula is C23H38IN7O. The van der Waals surface area contributed by atoms with E-state index in [4.69, 9.17) is 9.73 Å². The van der Waals surface area contributed by atoms with Gasteiger partial charge in [0, 0.05) is 39.8 Å². The first-order valence-corrected chi connectivity index (χ1v) is 11.5. The van der Waals surface area contributed by atoms with Crippen LogP contribution >= 0.6 is 24.0 Å². The Morgan fingerprint density at radius 1 is 1.16 bits per heavy atom. The lowest BCUT2D eigenvalue weighted by atomic mass is 10.1. The molecule has 1 aliphatic rings. The number of aromatic nitrogens is 3. The van der Waals surface area contributed by atoms with E-state index in [1.165, 1.54) is 18.4 Å². The van der Waals surface area contributed by atoms with Crippen LogP contribution in [0.4, 0.5) is 0 Å². The number of hydrogen-bond acceptors (Lipinski definition) is 5. The predicted molar refractivity (Wildman–Crippen MR) is 140 cm³/mol. The van der Waals surface area contributed by atoms with E-state index in [9.17, 15) is 0 Å². The van der Waals surface area contributed by atoms with E-state index in [2.05, 4.69) is 67.6 Å². The molecule has 1 unspecified atom stereocenters. The molecule has 1 aromatic carbocycles. The number of guanidine groups is 1. The first kappa shape index (κ1) is 26.5. The van der Waals surface area contributed by atoms with Crippen molar-refractivity contribution < 1.29 is 4.74 Å². The third-order valence-electron chi connectivity index (χ3n) is 5.66. The smallest absolute Gasteiger partial charge is 0.191 e. The first-order chi connectivity index (χ1) is 15.3. The first-order valence-electron chi connectivity index (χ1n) is 11.5. The Bertz CT molecular complexity index is 778. The molecule has 2 N–H and O–H groups in total. The van der Waals surface area contributed by atoms with Gasteiger partial charge in [0.25, 0.3) is 0 Å². The van der Waals surface area contributed by atoms with Crippen molar-refractivity contribution in [3.8, 4) is 0 Å². The van der Waals surface area contributed by atoms with Crippen molar-refractivity contribution in [3.05, 3.63) is 48.0 Å². The summed E-state index contributed by atoms with van der Waals surface area (Å²) in [6.07, 6.45) is 6.15. The van der Waals surface area contributed by atoms with E-state index in [1.807, 2.05) is 0 Å². The minimum absolute atomic E-state index is 0. The fraction of sp³-hybridized carbons (Fsp3) is 0.609. The molecule has 0 amide bonds. The van der Waals surface area contributed by atoms with Crippen molar-refractivity contribution >= 4 is 29.9 Å². The van der Waals surface area contributed by atoms with Gasteiger partial charge in [0.1, 0.15) is 12.2 Å². The maximum atomic E-state index is 5.18. The quantitative estimate of drug-likeness (QED) is 0.182. The Morgan fingerprint density at radius 2 is 1.91 bits per heavy atom. The van der Waals surface area contributed by atoms with Crippen LogP contribution in [0.3, 0.4) is 0 Å². The molecule has 1 atom stereocenters. The van der Waals surface area contributed by atoms with Crippen LogP contribution in [0, 0.1) is 0 Å². The number of nitrogens with one attached hydrogen (secondary N) is 2. The van der Waals surface area contributed by atoms with Crippen LogP contribution in [0.1, 0.15) is 43.6 Å². The summed E-state index contributed by atoms with van der Waals surface area (Å²) in [6, 6.07) is 11.1. The van der Waals surface area contributed by atoms with Crippen LogP contribution in [0.2, 0.25) is 0 Å². The Balaban J connectivity index is 0.00000363. The normalized spacial score (nSPS) is 15.4. The van der Waals surface area contributed by atoms with Gasteiger partial charge in [-0.05, 0) is 37.9 Å². The predicted octanol–water partition coefficient (Wildman–Crippen LogP) is 2.87. The second-order valence-corrected chi connectivity index (χ2v) is 7.85. The number of halogens is 1. The van der Waals surface area contributed by atoms with Crippen molar-refractivity contribution in [2.45, 2.75) is 45.2 Å². The molecule has 0 saturated carbocycles. The van der Waals surface area contributed by atoms with Crippen LogP contribution in [-0.4, -0.2) is 72.1 Å². The van der Waals surface area contributed by atoms with E-state index in [0.717, 1.165) is 70.5 Å². The molecule has 0 aliphatic carbocycles. The van der Waals surface area contributed by atoms with Gasteiger partial charge in [0.2, 0.25) is 0 Å². The fourth-order valence-corrected chi connectivity index (χ4v) is 3.97. The lowest BCUT2D eigenvalue weighted by Gasteiger charge is -2.27. The van der Waals surface area contributed by atoms with Gasteiger partial charge in [0.15, 0.2) is 5.96 Å². The monoisotopic (exact) mass is 555 g/mol. The van der Waals surface area contributed by atoms with Crippen molar-refractivity contribution in [3.63, 3.8) is 0 Å². The molecule has 8 nitrogen and oxygen atoms in total. The lowest BCUT2D eigenvalue weighted by molar-refractivity contribution is 0.195. The molecule has 0 bridgehead atoms. The maximum absolute atomic E-state index is 5.18. The summed E-state index contributed by atoms with van der Waals surface area (Å²) in [5.74, 6) is 1.86. The van der Waals surface area contributed by atoms with Gasteiger partial charge in [-0.25, -0.2) is 0 Å². The highest BCUT2D eigenvalue weighted by molar-refractivity contribution is 14.0. The number of ether oxygens (including phenoxy) is 1. The Morgan fingerprint density at radius 3 is 2.62 bits per heavy atom. The highest BCUT2D eigenvalue weighted by Gasteiger charge is 2.23. The van der Waals surface area contributed by atoms with Gasteiger partial charge in [0.05, 0.1) is 12.6 Å². The highest BCUT2D eigenvalue weighted by Crippen LogP contribution is 2.25. The molecular weight excluding hydrogens is 517 g/mol. The average Bonchev–Trinajstić information content (AvgIpc) is 3.49. The van der Waals surface area contributed by atoms with Gasteiger partial charge in [-0.2, -0.15) is 0 Å². The van der Waals surface area contributed by atoms with Crippen molar-refractivity contribution in [1.82, 2.24) is 30.3 Å². The molecule has 3 rings (SSSR count). The third kappa shape index (κ3) is 8.32. The number of methoxy groups -OCH3 is 1. The summed E-state index contributed by atoms with van der Waals surface area (Å²) >= 11 is 0. The van der Waals surface area contributed by atoms with Gasteiger partial charge in [-0.3, -0.25) is 9.89 Å². The number of likely N-dealkylation sites (tertiary alicyclic amines) is 1. The molecule has 2 aromatic rings. The van der Waals surface area contributed by atoms with Crippen molar-refractivity contribution in [2.24, 2.45) is 4.99 Å². The zero-order valence-electron chi connectivity index (χ0n) is 19.4. The van der Waals surface area contributed by atoms with Crippen molar-refractivity contribution in [2.75, 3.05) is 46.4 Å². The zero-order chi connectivity index (χ0) is 21.7. The van der Waals surface area contributed by atoms with Gasteiger partial charge < -0.3 is 19.9 Å². The number of hydrogen-bond donors (Lipinski definition) is 2. The summed E-state index contributed by atoms with van der Waals surface area (Å²) in [7, 11) is 1.73. The summed E-state index contributed by atoms with van der Waals surface area (Å²) in [5.41, 5.74) is 1.34. The molecule has 32 heavy (non-hydrogen) atoms. The molecule has 178 valence electrons. The number of rotatable bonds is 12. The molecule has 0 radical (unpaired) electrons. The number of aliphatic imine (C=N–C) groups is 1. The highest BCUT2D eigenvalue weighted by atomic mass is 127. The number of benzene rings is 1. The fourth-order valence-electron chi connectivity index (χ4n) is 3.97. The number of aryl methyl sites for hydroxylation is 1. The van der Waals surface area contributed by atoms with Crippen LogP contribution in [0.5, 0.6) is 0 Å². The molecule has 1 aromatic heterocycles. The van der Waals surface area contributed by atoms with Gasteiger partial charge in [-0.15, -0.1) is 34.2 Å². The standard InChI is InChI=1S/C23H37N7O.HI/c1-3-22-28-27-19-30(22)16-13-25-23(24-12-9-17-31-2)26-18-21(29-14-7-8-15-29)20-10-5-4-6-11-20;/h4-6,10-11,19,21H,3,7-9,12-18H2,1-2H3,(H2,24,25,26);1H. The van der Waals surface area contributed by atoms with E-state index in [0.29, 0.717) is 6.04 Å². The largest absolute Gasteiger partial charge is 0.385 e. The summed E-state index contributed by atoms with van der Waals surface area (Å²) in [6.45, 7) is 8.26. The molecule has 1 aliphatic heterocycles. The maximum Gasteiger partial charge on any atom is 0.191 e. The Labute approximate surface area is 209 Å².